The maximum atomic E-state index is 10.0. The Hall–Kier alpha value is -0.863. The second kappa shape index (κ2) is 6.02. The van der Waals surface area contributed by atoms with Gasteiger partial charge in [-0.05, 0) is 18.0 Å². The first kappa shape index (κ1) is 13.2. The van der Waals surface area contributed by atoms with Crippen LogP contribution in [0.1, 0.15) is 18.1 Å². The van der Waals surface area contributed by atoms with Crippen molar-refractivity contribution in [3.8, 4) is 0 Å². The van der Waals surface area contributed by atoms with Crippen LogP contribution in [-0.2, 0) is 0 Å². The molecule has 0 radical (unpaired) electrons. The number of rotatable bonds is 6. The van der Waals surface area contributed by atoms with Crippen LogP contribution in [0.5, 0.6) is 0 Å². The molecular weight excluding hydrogens is 212 g/mol. The summed E-state index contributed by atoms with van der Waals surface area (Å²) in [6.07, 6.45) is 2.58. The maximum absolute atomic E-state index is 10.0. The van der Waals surface area contributed by atoms with E-state index in [1.165, 1.54) is 0 Å². The summed E-state index contributed by atoms with van der Waals surface area (Å²) in [6.45, 7) is 8.51. The summed E-state index contributed by atoms with van der Waals surface area (Å²) in [5.41, 5.74) is 1.03. The van der Waals surface area contributed by atoms with Crippen LogP contribution >= 0.6 is 0 Å². The molecule has 0 aliphatic carbocycles. The lowest BCUT2D eigenvalue weighted by molar-refractivity contribution is 0.173. The first-order valence-electron chi connectivity index (χ1n) is 5.89. The van der Waals surface area contributed by atoms with Crippen molar-refractivity contribution in [3.05, 3.63) is 48.6 Å². The van der Waals surface area contributed by atoms with E-state index >= 15 is 0 Å². The molecule has 1 aromatic carbocycles. The van der Waals surface area contributed by atoms with Crippen molar-refractivity contribution in [1.82, 2.24) is 0 Å². The lowest BCUT2D eigenvalue weighted by Crippen LogP contribution is -2.24. The molecular formula is C14H22OSi. The fraction of sp³-hybridized carbons (Fsp3) is 0.429. The van der Waals surface area contributed by atoms with Crippen molar-refractivity contribution >= 4 is 8.07 Å². The number of aliphatic hydroxyl groups excluding tert-OH is 1. The molecule has 16 heavy (non-hydrogen) atoms. The standard InChI is InChI=1S/C14H22OSi/c1-4-11-16(2,3)12-10-14(15)13-8-6-5-7-9-13/h4-9,14-15H,1,10-12H2,2-3H3. The number of hydrogen-bond donors (Lipinski definition) is 1. The molecule has 0 aliphatic heterocycles. The average Bonchev–Trinajstić information content (AvgIpc) is 2.27. The van der Waals surface area contributed by atoms with E-state index in [0.717, 1.165) is 24.1 Å². The zero-order valence-electron chi connectivity index (χ0n) is 10.3. The Kier molecular flexibility index (Phi) is 4.96. The van der Waals surface area contributed by atoms with Crippen molar-refractivity contribution in [3.63, 3.8) is 0 Å². The van der Waals surface area contributed by atoms with E-state index in [9.17, 15) is 5.11 Å². The largest absolute Gasteiger partial charge is 0.388 e. The molecule has 0 aromatic heterocycles. The Bertz CT molecular complexity index is 319. The van der Waals surface area contributed by atoms with Gasteiger partial charge in [0.1, 0.15) is 0 Å². The second-order valence-electron chi connectivity index (χ2n) is 5.12. The minimum Gasteiger partial charge on any atom is -0.388 e. The molecule has 1 unspecified atom stereocenters. The predicted molar refractivity (Wildman–Crippen MR) is 73.3 cm³/mol. The van der Waals surface area contributed by atoms with Crippen molar-refractivity contribution in [2.24, 2.45) is 0 Å². The lowest BCUT2D eigenvalue weighted by Gasteiger charge is -2.22. The van der Waals surface area contributed by atoms with E-state index < -0.39 is 8.07 Å². The molecule has 0 aliphatic rings. The molecule has 0 saturated heterocycles. The van der Waals surface area contributed by atoms with Gasteiger partial charge in [0.2, 0.25) is 0 Å². The predicted octanol–water partition coefficient (Wildman–Crippen LogP) is 4.00. The van der Waals surface area contributed by atoms with Crippen molar-refractivity contribution < 1.29 is 5.11 Å². The summed E-state index contributed by atoms with van der Waals surface area (Å²) in [6, 6.07) is 12.2. The van der Waals surface area contributed by atoms with Crippen LogP contribution in [0.3, 0.4) is 0 Å². The highest BCUT2D eigenvalue weighted by molar-refractivity contribution is 6.77. The number of hydrogen-bond acceptors (Lipinski definition) is 1. The van der Waals surface area contributed by atoms with Gasteiger partial charge in [0, 0.05) is 0 Å². The molecule has 1 nitrogen and oxygen atoms in total. The van der Waals surface area contributed by atoms with Gasteiger partial charge < -0.3 is 5.11 Å². The molecule has 0 bridgehead atoms. The van der Waals surface area contributed by atoms with Gasteiger partial charge >= 0.3 is 0 Å². The van der Waals surface area contributed by atoms with Gasteiger partial charge in [-0.25, -0.2) is 0 Å². The Morgan fingerprint density at radius 2 is 1.94 bits per heavy atom. The molecule has 0 fully saturated rings. The Morgan fingerprint density at radius 1 is 1.31 bits per heavy atom. The summed E-state index contributed by atoms with van der Waals surface area (Å²) in [4.78, 5) is 0. The van der Waals surface area contributed by atoms with E-state index in [1.54, 1.807) is 0 Å². The number of benzene rings is 1. The van der Waals surface area contributed by atoms with Crippen LogP contribution < -0.4 is 0 Å². The van der Waals surface area contributed by atoms with E-state index in [-0.39, 0.29) is 6.10 Å². The van der Waals surface area contributed by atoms with Crippen LogP contribution in [0.4, 0.5) is 0 Å². The van der Waals surface area contributed by atoms with Gasteiger partial charge in [0.25, 0.3) is 0 Å². The normalized spacial score (nSPS) is 13.4. The number of allylic oxidation sites excluding steroid dienone is 1. The molecule has 0 heterocycles. The molecule has 1 N–H and O–H groups in total. The third-order valence-corrected chi connectivity index (χ3v) is 6.01. The minimum absolute atomic E-state index is 0.308. The first-order valence-corrected chi connectivity index (χ1v) is 9.30. The van der Waals surface area contributed by atoms with Gasteiger partial charge in [0.05, 0.1) is 14.2 Å². The van der Waals surface area contributed by atoms with Crippen molar-refractivity contribution in [1.29, 1.82) is 0 Å². The van der Waals surface area contributed by atoms with Gasteiger partial charge in [-0.2, -0.15) is 0 Å². The molecule has 0 saturated carbocycles. The SMILES string of the molecule is C=CC[Si](C)(C)CCC(O)c1ccccc1. The monoisotopic (exact) mass is 234 g/mol. The lowest BCUT2D eigenvalue weighted by atomic mass is 10.1. The van der Waals surface area contributed by atoms with E-state index in [4.69, 9.17) is 0 Å². The molecule has 2 heteroatoms. The quantitative estimate of drug-likeness (QED) is 0.582. The topological polar surface area (TPSA) is 20.2 Å². The van der Waals surface area contributed by atoms with E-state index in [2.05, 4.69) is 19.7 Å². The van der Waals surface area contributed by atoms with Crippen LogP contribution in [0, 0.1) is 0 Å². The third-order valence-electron chi connectivity index (χ3n) is 2.98. The van der Waals surface area contributed by atoms with E-state index in [1.807, 2.05) is 36.4 Å². The van der Waals surface area contributed by atoms with Crippen LogP contribution in [0.25, 0.3) is 0 Å². The van der Waals surface area contributed by atoms with Gasteiger partial charge in [-0.1, -0.05) is 55.5 Å². The summed E-state index contributed by atoms with van der Waals surface area (Å²) in [5.74, 6) is 0. The number of aliphatic hydroxyl groups is 1. The molecule has 0 spiro atoms. The third kappa shape index (κ3) is 4.33. The van der Waals surface area contributed by atoms with E-state index in [0.29, 0.717) is 0 Å². The summed E-state index contributed by atoms with van der Waals surface area (Å²) >= 11 is 0. The Labute approximate surface area is 99.8 Å². The van der Waals surface area contributed by atoms with Gasteiger partial charge in [-0.15, -0.1) is 6.58 Å². The van der Waals surface area contributed by atoms with Gasteiger partial charge in [-0.3, -0.25) is 0 Å². The minimum atomic E-state index is -1.18. The fourth-order valence-corrected chi connectivity index (χ4v) is 3.90. The Balaban J connectivity index is 2.47. The summed E-state index contributed by atoms with van der Waals surface area (Å²) < 4.78 is 0. The molecule has 88 valence electrons. The highest BCUT2D eigenvalue weighted by Gasteiger charge is 2.20. The second-order valence-corrected chi connectivity index (χ2v) is 10.4. The zero-order chi connectivity index (χ0) is 12.0. The van der Waals surface area contributed by atoms with Crippen LogP contribution in [-0.4, -0.2) is 13.2 Å². The highest BCUT2D eigenvalue weighted by Crippen LogP contribution is 2.25. The molecule has 0 amide bonds. The average molecular weight is 234 g/mol. The molecule has 1 rings (SSSR count). The Morgan fingerprint density at radius 3 is 2.50 bits per heavy atom. The first-order chi connectivity index (χ1) is 7.55. The van der Waals surface area contributed by atoms with Crippen molar-refractivity contribution in [2.45, 2.75) is 37.7 Å². The highest BCUT2D eigenvalue weighted by atomic mass is 28.3. The summed E-state index contributed by atoms with van der Waals surface area (Å²) in [7, 11) is -1.18. The van der Waals surface area contributed by atoms with Crippen molar-refractivity contribution in [2.75, 3.05) is 0 Å². The smallest absolute Gasteiger partial charge is 0.0787 e. The molecule has 1 atom stereocenters. The van der Waals surface area contributed by atoms with Gasteiger partial charge in [0.15, 0.2) is 0 Å². The van der Waals surface area contributed by atoms with Crippen LogP contribution in [0.2, 0.25) is 25.2 Å². The summed E-state index contributed by atoms with van der Waals surface area (Å²) in [5, 5.41) is 10.0. The zero-order valence-corrected chi connectivity index (χ0v) is 11.3. The molecule has 1 aromatic rings. The van der Waals surface area contributed by atoms with Crippen LogP contribution in [0.15, 0.2) is 43.0 Å². The maximum Gasteiger partial charge on any atom is 0.0787 e. The fourth-order valence-electron chi connectivity index (χ4n) is 1.86.